The molecule has 12 heteroatoms. The fourth-order valence-electron chi connectivity index (χ4n) is 5.60. The number of nitrogens with one attached hydrogen (secondary N) is 3. The lowest BCUT2D eigenvalue weighted by Crippen LogP contribution is -2.36. The summed E-state index contributed by atoms with van der Waals surface area (Å²) in [6.07, 6.45) is 1.69. The minimum absolute atomic E-state index is 0.0421. The van der Waals surface area contributed by atoms with Gasteiger partial charge in [0.05, 0.1) is 18.3 Å². The van der Waals surface area contributed by atoms with E-state index in [0.29, 0.717) is 19.5 Å². The molecule has 2 aromatic carbocycles. The van der Waals surface area contributed by atoms with E-state index in [4.69, 9.17) is 4.74 Å². The van der Waals surface area contributed by atoms with Crippen LogP contribution in [0.2, 0.25) is 0 Å². The predicted molar refractivity (Wildman–Crippen MR) is 166 cm³/mol. The molecule has 3 heterocycles. The Morgan fingerprint density at radius 3 is 2.18 bits per heavy atom. The molecule has 3 atom stereocenters. The summed E-state index contributed by atoms with van der Waals surface area (Å²) in [6.45, 7) is 4.46. The number of nitrogens with zero attached hydrogens (tertiary/aromatic N) is 2. The van der Waals surface area contributed by atoms with E-state index in [1.165, 1.54) is 6.20 Å². The number of aliphatic hydroxyl groups is 2. The van der Waals surface area contributed by atoms with Crippen molar-refractivity contribution in [1.29, 1.82) is 0 Å². The molecule has 5 rings (SSSR count). The molecule has 0 spiro atoms. The number of carbonyl (C=O) groups is 2. The van der Waals surface area contributed by atoms with Crippen LogP contribution in [0.4, 0.5) is 0 Å². The first-order valence-corrected chi connectivity index (χ1v) is 14.8. The average Bonchev–Trinajstić information content (AvgIpc) is 3.55. The Bertz CT molecular complexity index is 1740. The minimum Gasteiger partial charge on any atom is -0.394 e. The first-order valence-electron chi connectivity index (χ1n) is 14.8. The third kappa shape index (κ3) is 6.67. The van der Waals surface area contributed by atoms with Crippen LogP contribution in [-0.4, -0.2) is 68.0 Å². The molecule has 2 amide bonds. The molecule has 232 valence electrons. The standard InChI is InChI=1S/C32H37N5O7/c1-20(23-17-37(32(43)35-31(23)42)29-16-26(39)27(19-38)44-29)30(41)34-15-9-3-2-8-14-33-28(40)18-36-24-12-6-4-10-21(24)22-11-5-7-13-25(22)36/h4-7,10-13,17,26-27,29,38-39H,1-3,8-9,14-16,18-19H2,(H,33,40)(H,34,41)(H,35,42,43)/t26-,27+,29+/m0/s1. The topological polar surface area (TPSA) is 168 Å². The van der Waals surface area contributed by atoms with E-state index in [1.54, 1.807) is 0 Å². The van der Waals surface area contributed by atoms with Gasteiger partial charge in [-0.05, 0) is 25.0 Å². The molecule has 1 aliphatic rings. The first-order chi connectivity index (χ1) is 21.3. The van der Waals surface area contributed by atoms with Crippen molar-refractivity contribution in [2.75, 3.05) is 19.7 Å². The molecule has 44 heavy (non-hydrogen) atoms. The molecule has 1 fully saturated rings. The zero-order valence-electron chi connectivity index (χ0n) is 24.3. The summed E-state index contributed by atoms with van der Waals surface area (Å²) in [6, 6.07) is 16.1. The van der Waals surface area contributed by atoms with Crippen molar-refractivity contribution in [2.45, 2.75) is 57.1 Å². The first kappa shape index (κ1) is 30.9. The van der Waals surface area contributed by atoms with Crippen LogP contribution in [0.5, 0.6) is 0 Å². The number of hydrogen-bond acceptors (Lipinski definition) is 7. The number of aliphatic hydroxyl groups excluding tert-OH is 2. The van der Waals surface area contributed by atoms with Crippen molar-refractivity contribution in [3.8, 4) is 0 Å². The minimum atomic E-state index is -0.971. The molecule has 1 saturated heterocycles. The summed E-state index contributed by atoms with van der Waals surface area (Å²) in [4.78, 5) is 52.2. The summed E-state index contributed by atoms with van der Waals surface area (Å²) in [5.74, 6) is -0.592. The Labute approximate surface area is 253 Å². The van der Waals surface area contributed by atoms with Gasteiger partial charge in [0, 0.05) is 53.1 Å². The monoisotopic (exact) mass is 603 g/mol. The summed E-state index contributed by atoms with van der Waals surface area (Å²) >= 11 is 0. The van der Waals surface area contributed by atoms with Gasteiger partial charge < -0.3 is 30.2 Å². The van der Waals surface area contributed by atoms with Crippen molar-refractivity contribution in [3.05, 3.63) is 87.7 Å². The second-order valence-corrected chi connectivity index (χ2v) is 10.9. The predicted octanol–water partition coefficient (Wildman–Crippen LogP) is 1.79. The van der Waals surface area contributed by atoms with Gasteiger partial charge in [-0.1, -0.05) is 55.8 Å². The second-order valence-electron chi connectivity index (χ2n) is 10.9. The third-order valence-corrected chi connectivity index (χ3v) is 7.95. The van der Waals surface area contributed by atoms with E-state index in [1.807, 2.05) is 41.0 Å². The number of rotatable bonds is 13. The fraction of sp³-hybridized carbons (Fsp3) is 0.375. The summed E-state index contributed by atoms with van der Waals surface area (Å²) in [5.41, 5.74) is 0.333. The van der Waals surface area contributed by atoms with E-state index < -0.39 is 42.2 Å². The van der Waals surface area contributed by atoms with Gasteiger partial charge in [-0.2, -0.15) is 0 Å². The van der Waals surface area contributed by atoms with Crippen LogP contribution in [0, 0.1) is 0 Å². The lowest BCUT2D eigenvalue weighted by atomic mass is 10.1. The number of para-hydroxylation sites is 2. The Hall–Kier alpha value is -4.52. The van der Waals surface area contributed by atoms with E-state index >= 15 is 0 Å². The third-order valence-electron chi connectivity index (χ3n) is 7.95. The van der Waals surface area contributed by atoms with Gasteiger partial charge in [-0.15, -0.1) is 0 Å². The molecule has 12 nitrogen and oxygen atoms in total. The number of aromatic nitrogens is 3. The summed E-state index contributed by atoms with van der Waals surface area (Å²) in [7, 11) is 0. The van der Waals surface area contributed by atoms with Gasteiger partial charge in [0.2, 0.25) is 5.91 Å². The Morgan fingerprint density at radius 2 is 1.57 bits per heavy atom. The highest BCUT2D eigenvalue weighted by Crippen LogP contribution is 2.29. The maximum atomic E-state index is 12.7. The lowest BCUT2D eigenvalue weighted by Gasteiger charge is -2.16. The zero-order chi connectivity index (χ0) is 31.2. The molecule has 0 bridgehead atoms. The van der Waals surface area contributed by atoms with Gasteiger partial charge in [-0.25, -0.2) is 4.79 Å². The van der Waals surface area contributed by atoms with E-state index in [9.17, 15) is 29.4 Å². The molecular formula is C32H37N5O7. The Kier molecular flexibility index (Phi) is 9.73. The van der Waals surface area contributed by atoms with Gasteiger partial charge in [0.15, 0.2) is 0 Å². The number of H-pyrrole nitrogens is 1. The smallest absolute Gasteiger partial charge is 0.330 e. The van der Waals surface area contributed by atoms with Crippen LogP contribution in [0.15, 0.2) is 70.9 Å². The number of unbranched alkanes of at least 4 members (excludes halogenated alkanes) is 3. The van der Waals surface area contributed by atoms with Crippen LogP contribution in [-0.2, 0) is 20.9 Å². The van der Waals surface area contributed by atoms with Gasteiger partial charge in [0.1, 0.15) is 18.9 Å². The van der Waals surface area contributed by atoms with Gasteiger partial charge in [-0.3, -0.25) is 23.9 Å². The van der Waals surface area contributed by atoms with E-state index in [-0.39, 0.29) is 30.0 Å². The van der Waals surface area contributed by atoms with Crippen molar-refractivity contribution in [2.24, 2.45) is 0 Å². The van der Waals surface area contributed by atoms with Gasteiger partial charge >= 0.3 is 5.69 Å². The van der Waals surface area contributed by atoms with Crippen molar-refractivity contribution < 1.29 is 24.5 Å². The van der Waals surface area contributed by atoms with E-state index in [0.717, 1.165) is 45.6 Å². The fourth-order valence-corrected chi connectivity index (χ4v) is 5.60. The SMILES string of the molecule is C=C(C(=O)NCCCCCCNC(=O)Cn1c2ccccc2c2ccccc21)c1cn([C@H]2C[C@H](O)[C@@H](CO)O2)c(=O)[nH]c1=O. The lowest BCUT2D eigenvalue weighted by molar-refractivity contribution is -0.121. The maximum absolute atomic E-state index is 12.7. The number of amides is 2. The average molecular weight is 604 g/mol. The van der Waals surface area contributed by atoms with Crippen molar-refractivity contribution >= 4 is 39.2 Å². The highest BCUT2D eigenvalue weighted by molar-refractivity contribution is 6.18. The second kappa shape index (κ2) is 13.8. The quantitative estimate of drug-likeness (QED) is 0.115. The molecule has 0 unspecified atom stereocenters. The number of benzene rings is 2. The summed E-state index contributed by atoms with van der Waals surface area (Å²) in [5, 5.41) is 27.3. The maximum Gasteiger partial charge on any atom is 0.330 e. The highest BCUT2D eigenvalue weighted by atomic mass is 16.5. The molecular weight excluding hydrogens is 566 g/mol. The Morgan fingerprint density at radius 1 is 0.955 bits per heavy atom. The number of aromatic amines is 1. The molecule has 2 aromatic heterocycles. The van der Waals surface area contributed by atoms with Crippen LogP contribution in [0.3, 0.4) is 0 Å². The molecule has 0 radical (unpaired) electrons. The highest BCUT2D eigenvalue weighted by Gasteiger charge is 2.35. The zero-order valence-corrected chi connectivity index (χ0v) is 24.3. The number of ether oxygens (including phenoxy) is 1. The molecule has 1 aliphatic heterocycles. The molecule has 5 N–H and O–H groups in total. The number of hydrogen-bond donors (Lipinski definition) is 5. The van der Waals surface area contributed by atoms with Crippen LogP contribution in [0.1, 0.15) is 43.9 Å². The molecule has 4 aromatic rings. The molecule has 0 aliphatic carbocycles. The normalized spacial score (nSPS) is 18.1. The van der Waals surface area contributed by atoms with Crippen LogP contribution >= 0.6 is 0 Å². The summed E-state index contributed by atoms with van der Waals surface area (Å²) < 4.78 is 8.62. The van der Waals surface area contributed by atoms with Crippen LogP contribution < -0.4 is 21.9 Å². The van der Waals surface area contributed by atoms with Crippen molar-refractivity contribution in [3.63, 3.8) is 0 Å². The van der Waals surface area contributed by atoms with Gasteiger partial charge in [0.25, 0.3) is 11.5 Å². The molecule has 0 saturated carbocycles. The number of fused-ring (bicyclic) bond motifs is 3. The largest absolute Gasteiger partial charge is 0.394 e. The number of carbonyl (C=O) groups excluding carboxylic acids is 2. The Balaban J connectivity index is 1.03. The van der Waals surface area contributed by atoms with Crippen molar-refractivity contribution in [1.82, 2.24) is 24.8 Å². The van der Waals surface area contributed by atoms with Crippen LogP contribution in [0.25, 0.3) is 27.4 Å². The van der Waals surface area contributed by atoms with E-state index in [2.05, 4.69) is 34.3 Å².